The molecule has 0 aromatic rings. The molecule has 1 rings (SSSR count). The molecule has 1 heterocycles. The first-order chi connectivity index (χ1) is 9.86. The first-order valence-corrected chi connectivity index (χ1v) is 6.69. The molecular formula is C12H21N3O6. The van der Waals surface area contributed by atoms with Gasteiger partial charge in [0.2, 0.25) is 0 Å². The normalized spacial score (nSPS) is 19.4. The van der Waals surface area contributed by atoms with Gasteiger partial charge in [0.05, 0.1) is 19.6 Å². The minimum absolute atomic E-state index is 0.137. The van der Waals surface area contributed by atoms with Crippen molar-refractivity contribution in [3.05, 3.63) is 0 Å². The second kappa shape index (κ2) is 8.55. The quantitative estimate of drug-likeness (QED) is 0.486. The zero-order valence-corrected chi connectivity index (χ0v) is 11.8. The summed E-state index contributed by atoms with van der Waals surface area (Å²) in [6.45, 7) is 2.26. The van der Waals surface area contributed by atoms with E-state index in [9.17, 15) is 14.4 Å². The molecule has 1 saturated heterocycles. The SMILES string of the molecule is O=[13C](O)CN1CCN(C[13C](=O)O)CCN(C[13C](=O)O)CC1. The Balaban J connectivity index is 2.68. The maximum absolute atomic E-state index is 10.8. The zero-order valence-electron chi connectivity index (χ0n) is 11.8. The van der Waals surface area contributed by atoms with Gasteiger partial charge < -0.3 is 15.3 Å². The van der Waals surface area contributed by atoms with E-state index in [-0.39, 0.29) is 19.6 Å². The number of aliphatic carboxylic acids is 3. The Labute approximate surface area is 122 Å². The molecule has 0 unspecified atom stereocenters. The first-order valence-electron chi connectivity index (χ1n) is 6.69. The van der Waals surface area contributed by atoms with Crippen molar-refractivity contribution in [3.63, 3.8) is 0 Å². The number of carboxylic acids is 3. The van der Waals surface area contributed by atoms with Crippen molar-refractivity contribution >= 4 is 17.9 Å². The predicted octanol–water partition coefficient (Wildman–Crippen LogP) is -1.84. The molecule has 0 atom stereocenters. The van der Waals surface area contributed by atoms with Gasteiger partial charge in [-0.25, -0.2) is 0 Å². The molecule has 0 spiro atoms. The van der Waals surface area contributed by atoms with Crippen molar-refractivity contribution in [2.75, 3.05) is 58.9 Å². The summed E-state index contributed by atoms with van der Waals surface area (Å²) < 4.78 is 0. The lowest BCUT2D eigenvalue weighted by molar-refractivity contribution is -0.140. The minimum Gasteiger partial charge on any atom is -0.480 e. The van der Waals surface area contributed by atoms with Crippen LogP contribution in [0.4, 0.5) is 0 Å². The summed E-state index contributed by atoms with van der Waals surface area (Å²) in [7, 11) is 0. The van der Waals surface area contributed by atoms with Gasteiger partial charge in [0.15, 0.2) is 0 Å². The molecule has 1 aliphatic heterocycles. The van der Waals surface area contributed by atoms with E-state index in [1.54, 1.807) is 14.7 Å². The van der Waals surface area contributed by atoms with Crippen molar-refractivity contribution in [3.8, 4) is 0 Å². The highest BCUT2D eigenvalue weighted by atomic mass is 16.5. The fourth-order valence-electron chi connectivity index (χ4n) is 2.23. The van der Waals surface area contributed by atoms with Crippen LogP contribution in [0.5, 0.6) is 0 Å². The number of nitrogens with zero attached hydrogens (tertiary/aromatic N) is 3. The molecule has 120 valence electrons. The third-order valence-electron chi connectivity index (χ3n) is 3.27. The van der Waals surface area contributed by atoms with E-state index in [0.29, 0.717) is 39.3 Å². The van der Waals surface area contributed by atoms with E-state index in [2.05, 4.69) is 0 Å². The molecule has 0 aromatic heterocycles. The van der Waals surface area contributed by atoms with Crippen molar-refractivity contribution in [2.24, 2.45) is 0 Å². The standard InChI is InChI=1S/C12H21N3O6/c16-10(17)7-13-1-2-14(8-11(18)19)5-6-15(4-3-13)9-12(20)21/h1-9H2,(H,16,17)(H,18,19)(H,20,21)/i10+1,11+1,12+1. The van der Waals surface area contributed by atoms with E-state index in [1.807, 2.05) is 0 Å². The van der Waals surface area contributed by atoms with Crippen LogP contribution in [0.25, 0.3) is 0 Å². The average Bonchev–Trinajstić information content (AvgIpc) is 2.42. The lowest BCUT2D eigenvalue weighted by atomic mass is 10.4. The summed E-state index contributed by atoms with van der Waals surface area (Å²) in [5.41, 5.74) is 0. The summed E-state index contributed by atoms with van der Waals surface area (Å²) in [5.74, 6) is -2.86. The van der Waals surface area contributed by atoms with Crippen molar-refractivity contribution in [1.29, 1.82) is 0 Å². The molecule has 9 heteroatoms. The second-order valence-corrected chi connectivity index (χ2v) is 5.01. The van der Waals surface area contributed by atoms with Gasteiger partial charge in [0.25, 0.3) is 0 Å². The Morgan fingerprint density at radius 3 is 0.905 bits per heavy atom. The number of hydrogen-bond donors (Lipinski definition) is 3. The molecule has 1 aliphatic rings. The Bertz CT molecular complexity index is 320. The molecule has 0 amide bonds. The third-order valence-corrected chi connectivity index (χ3v) is 3.27. The minimum atomic E-state index is -0.955. The third kappa shape index (κ3) is 7.59. The maximum Gasteiger partial charge on any atom is 0.317 e. The number of hydrogen-bond acceptors (Lipinski definition) is 6. The number of rotatable bonds is 6. The summed E-state index contributed by atoms with van der Waals surface area (Å²) in [4.78, 5) is 37.5. The Morgan fingerprint density at radius 1 is 0.571 bits per heavy atom. The largest absolute Gasteiger partial charge is 0.480 e. The van der Waals surface area contributed by atoms with Crippen LogP contribution < -0.4 is 0 Å². The van der Waals surface area contributed by atoms with Gasteiger partial charge in [-0.1, -0.05) is 0 Å². The Morgan fingerprint density at radius 2 is 0.762 bits per heavy atom. The van der Waals surface area contributed by atoms with Crippen LogP contribution in [-0.2, 0) is 14.4 Å². The second-order valence-electron chi connectivity index (χ2n) is 5.01. The van der Waals surface area contributed by atoms with Gasteiger partial charge >= 0.3 is 17.9 Å². The van der Waals surface area contributed by atoms with Crippen LogP contribution in [0.15, 0.2) is 0 Å². The molecule has 1 fully saturated rings. The van der Waals surface area contributed by atoms with E-state index in [4.69, 9.17) is 15.3 Å². The van der Waals surface area contributed by atoms with Crippen LogP contribution >= 0.6 is 0 Å². The molecular weight excluding hydrogens is 285 g/mol. The highest BCUT2D eigenvalue weighted by Gasteiger charge is 2.20. The molecule has 0 aliphatic carbocycles. The Kier molecular flexibility index (Phi) is 7.06. The summed E-state index contributed by atoms with van der Waals surface area (Å²) in [6, 6.07) is 0. The molecule has 0 saturated carbocycles. The summed E-state index contributed by atoms with van der Waals surface area (Å²) >= 11 is 0. The fourth-order valence-corrected chi connectivity index (χ4v) is 2.23. The van der Waals surface area contributed by atoms with Crippen LogP contribution in [0, 0.1) is 0 Å². The highest BCUT2D eigenvalue weighted by molar-refractivity contribution is 5.70. The monoisotopic (exact) mass is 306 g/mol. The van der Waals surface area contributed by atoms with E-state index in [1.165, 1.54) is 0 Å². The van der Waals surface area contributed by atoms with Gasteiger partial charge in [-0.3, -0.25) is 29.1 Å². The first kappa shape index (κ1) is 17.3. The van der Waals surface area contributed by atoms with Crippen LogP contribution in [0.3, 0.4) is 0 Å². The van der Waals surface area contributed by atoms with E-state index in [0.717, 1.165) is 0 Å². The van der Waals surface area contributed by atoms with Crippen molar-refractivity contribution in [1.82, 2.24) is 14.7 Å². The Hall–Kier alpha value is -1.71. The van der Waals surface area contributed by atoms with E-state index < -0.39 is 17.9 Å². The number of carboxylic acid groups (broad SMARTS) is 3. The van der Waals surface area contributed by atoms with Crippen molar-refractivity contribution in [2.45, 2.75) is 0 Å². The average molecular weight is 306 g/mol. The molecule has 0 radical (unpaired) electrons. The lowest BCUT2D eigenvalue weighted by Gasteiger charge is -2.23. The van der Waals surface area contributed by atoms with Gasteiger partial charge in [-0.15, -0.1) is 0 Å². The van der Waals surface area contributed by atoms with Gasteiger partial charge in [0, 0.05) is 39.3 Å². The molecule has 0 bridgehead atoms. The van der Waals surface area contributed by atoms with E-state index >= 15 is 0 Å². The highest BCUT2D eigenvalue weighted by Crippen LogP contribution is 2.00. The van der Waals surface area contributed by atoms with Gasteiger partial charge in [-0.05, 0) is 0 Å². The van der Waals surface area contributed by atoms with Gasteiger partial charge in [-0.2, -0.15) is 0 Å². The predicted molar refractivity (Wildman–Crippen MR) is 72.2 cm³/mol. The van der Waals surface area contributed by atoms with Crippen LogP contribution in [0.2, 0.25) is 0 Å². The summed E-state index contributed by atoms with van der Waals surface area (Å²) in [6.07, 6.45) is 0. The fraction of sp³-hybridized carbons (Fsp3) is 0.750. The van der Waals surface area contributed by atoms with Crippen LogP contribution in [-0.4, -0.2) is 107 Å². The topological polar surface area (TPSA) is 122 Å². The molecule has 9 nitrogen and oxygen atoms in total. The van der Waals surface area contributed by atoms with Gasteiger partial charge in [0.1, 0.15) is 0 Å². The maximum atomic E-state index is 10.8. The molecule has 3 N–H and O–H groups in total. The zero-order chi connectivity index (χ0) is 15.8. The lowest BCUT2D eigenvalue weighted by Crippen LogP contribution is -2.40. The smallest absolute Gasteiger partial charge is 0.317 e. The van der Waals surface area contributed by atoms with Crippen molar-refractivity contribution < 1.29 is 29.7 Å². The molecule has 0 aromatic carbocycles. The molecule has 21 heavy (non-hydrogen) atoms. The summed E-state index contributed by atoms with van der Waals surface area (Å²) in [5, 5.41) is 26.6. The number of carbonyl (C=O) groups is 3. The van der Waals surface area contributed by atoms with Crippen LogP contribution in [0.1, 0.15) is 0 Å².